The second-order valence-corrected chi connectivity index (χ2v) is 16.3. The number of nitrogens with two attached hydrogens (primary N) is 2. The minimum atomic E-state index is -1.50. The van der Waals surface area contributed by atoms with Gasteiger partial charge in [-0.2, -0.15) is 11.8 Å². The molecule has 8 atom stereocenters. The number of nitrogens with zero attached hydrogens (tertiary/aromatic N) is 1. The fourth-order valence-corrected chi connectivity index (χ4v) is 7.69. The van der Waals surface area contributed by atoms with Gasteiger partial charge in [-0.3, -0.25) is 33.6 Å². The molecule has 1 aliphatic rings. The van der Waals surface area contributed by atoms with Crippen molar-refractivity contribution in [2.75, 3.05) is 31.7 Å². The first-order valence-electron chi connectivity index (χ1n) is 20.1. The molecule has 0 radical (unpaired) electrons. The smallest absolute Gasteiger partial charge is 0.245 e. The van der Waals surface area contributed by atoms with Crippen molar-refractivity contribution in [3.8, 4) is 0 Å². The number of aliphatic hydroxyl groups excluding tert-OH is 1. The molecule has 322 valence electrons. The molecule has 2 unspecified atom stereocenters. The van der Waals surface area contributed by atoms with Crippen LogP contribution < -0.4 is 38.1 Å². The lowest BCUT2D eigenvalue weighted by molar-refractivity contribution is -0.139. The summed E-state index contributed by atoms with van der Waals surface area (Å²) in [6.45, 7) is 7.21. The van der Waals surface area contributed by atoms with Crippen LogP contribution in [0.1, 0.15) is 78.2 Å². The van der Waals surface area contributed by atoms with Gasteiger partial charge in [-0.25, -0.2) is 0 Å². The van der Waals surface area contributed by atoms with Crippen LogP contribution in [0.4, 0.5) is 0 Å². The largest absolute Gasteiger partial charge is 0.394 e. The van der Waals surface area contributed by atoms with E-state index >= 15 is 0 Å². The molecule has 3 rings (SSSR count). The highest BCUT2D eigenvalue weighted by molar-refractivity contribution is 7.99. The minimum Gasteiger partial charge on any atom is -0.394 e. The summed E-state index contributed by atoms with van der Waals surface area (Å²) in [7, 11) is 1.51. The van der Waals surface area contributed by atoms with Crippen LogP contribution in [0.15, 0.2) is 30.5 Å². The number of carbonyl (C=O) groups excluding carboxylic acids is 7. The Morgan fingerprint density at radius 3 is 2.12 bits per heavy atom. The molecular weight excluding hydrogens is 767 g/mol. The van der Waals surface area contributed by atoms with Crippen molar-refractivity contribution in [1.29, 1.82) is 0 Å². The molecule has 58 heavy (non-hydrogen) atoms. The van der Waals surface area contributed by atoms with Crippen molar-refractivity contribution in [1.82, 2.24) is 36.5 Å². The lowest BCUT2D eigenvalue weighted by atomic mass is 9.94. The molecule has 1 saturated heterocycles. The average molecular weight is 830 g/mol. The van der Waals surface area contributed by atoms with E-state index in [0.29, 0.717) is 43.7 Å². The third-order valence-electron chi connectivity index (χ3n) is 10.9. The third kappa shape index (κ3) is 13.7. The van der Waals surface area contributed by atoms with E-state index in [1.54, 1.807) is 20.0 Å². The standard InChI is InChI=1S/C40H63N9O8S/c1-6-23(3)34-38(55)46-31(20-32(42)51)36(53)45-29(40(57)49(5)26(22-50)11-10-16-41)14-17-58-18-15-33(52)44-30(19-25-21-43-28-13-9-8-12-27(25)28)37(54)47-35(24(4)7-2)39(56)48-34/h8-9,12-13,21,23-24,26,29-31,34-35,43,50H,6-7,10-11,14-20,22,41H2,1-5H3,(H2,42,51)(H,44,52)(H,45,53)(H,46,55)(H,47,54)(H,48,56)/t23-,24+,26?,29?,30-,31+,34+,35+/m1/s1. The highest BCUT2D eigenvalue weighted by Gasteiger charge is 2.37. The summed E-state index contributed by atoms with van der Waals surface area (Å²) in [5.74, 6) is -4.90. The Balaban J connectivity index is 2.04. The fraction of sp³-hybridized carbons (Fsp3) is 0.625. The summed E-state index contributed by atoms with van der Waals surface area (Å²) >= 11 is 1.35. The number of thioether (sulfide) groups is 1. The van der Waals surface area contributed by atoms with E-state index in [2.05, 4.69) is 31.6 Å². The van der Waals surface area contributed by atoms with E-state index in [4.69, 9.17) is 11.5 Å². The number of aromatic amines is 1. The monoisotopic (exact) mass is 829 g/mol. The topological polar surface area (TPSA) is 271 Å². The SMILES string of the molecule is CC[C@@H](C)[C@@H]1NC(=O)[C@H]([C@@H](C)CC)NC(=O)[C@@H](Cc2c[nH]c3ccccc23)NC(=O)CCSCCC(C(=O)N(C)C(CO)CCCN)NC(=O)[C@H](CC(N)=O)NC1=O. The summed E-state index contributed by atoms with van der Waals surface area (Å²) < 4.78 is 0. The molecule has 2 heterocycles. The highest BCUT2D eigenvalue weighted by Crippen LogP contribution is 2.21. The number of para-hydroxylation sites is 1. The van der Waals surface area contributed by atoms with Crippen LogP contribution >= 0.6 is 11.8 Å². The first-order valence-corrected chi connectivity index (χ1v) is 21.3. The summed E-state index contributed by atoms with van der Waals surface area (Å²) in [5, 5.41) is 24.7. The van der Waals surface area contributed by atoms with E-state index < -0.39 is 95.9 Å². The zero-order chi connectivity index (χ0) is 42.9. The first kappa shape index (κ1) is 47.7. The van der Waals surface area contributed by atoms with Crippen LogP contribution in [0.25, 0.3) is 10.9 Å². The van der Waals surface area contributed by atoms with E-state index in [1.807, 2.05) is 38.1 Å². The highest BCUT2D eigenvalue weighted by atomic mass is 32.2. The van der Waals surface area contributed by atoms with Gasteiger partial charge in [0.05, 0.1) is 19.1 Å². The number of fused-ring (bicyclic) bond motifs is 1. The van der Waals surface area contributed by atoms with E-state index in [1.165, 1.54) is 23.7 Å². The first-order chi connectivity index (χ1) is 27.6. The van der Waals surface area contributed by atoms with E-state index in [0.717, 1.165) is 16.5 Å². The van der Waals surface area contributed by atoms with Crippen LogP contribution in [0.3, 0.4) is 0 Å². The molecule has 1 fully saturated rings. The number of hydrogen-bond acceptors (Lipinski definition) is 10. The zero-order valence-corrected chi connectivity index (χ0v) is 35.1. The molecule has 7 amide bonds. The summed E-state index contributed by atoms with van der Waals surface area (Å²) in [5.41, 5.74) is 12.8. The number of hydrogen-bond donors (Lipinski definition) is 9. The maximum atomic E-state index is 14.1. The van der Waals surface area contributed by atoms with Crippen LogP contribution in [0, 0.1) is 11.8 Å². The van der Waals surface area contributed by atoms with Gasteiger partial charge in [-0.1, -0.05) is 58.7 Å². The molecule has 2 aromatic rings. The van der Waals surface area contributed by atoms with Gasteiger partial charge in [0.25, 0.3) is 0 Å². The molecule has 0 spiro atoms. The number of primary amides is 1. The maximum absolute atomic E-state index is 14.1. The molecule has 0 aliphatic carbocycles. The molecule has 1 aromatic carbocycles. The number of benzene rings is 1. The van der Waals surface area contributed by atoms with Gasteiger partial charge < -0.3 is 53.0 Å². The fourth-order valence-electron chi connectivity index (χ4n) is 6.75. The molecule has 17 nitrogen and oxygen atoms in total. The second-order valence-electron chi connectivity index (χ2n) is 15.1. The zero-order valence-electron chi connectivity index (χ0n) is 34.3. The molecule has 1 aromatic heterocycles. The number of carbonyl (C=O) groups is 7. The van der Waals surface area contributed by atoms with Gasteiger partial charge in [0.1, 0.15) is 30.2 Å². The van der Waals surface area contributed by atoms with Crippen LogP contribution in [-0.4, -0.2) is 124 Å². The van der Waals surface area contributed by atoms with Gasteiger partial charge in [0.2, 0.25) is 41.4 Å². The number of amides is 7. The lowest BCUT2D eigenvalue weighted by Crippen LogP contribution is -2.62. The van der Waals surface area contributed by atoms with E-state index in [9.17, 15) is 38.7 Å². The van der Waals surface area contributed by atoms with Gasteiger partial charge in [0.15, 0.2) is 0 Å². The Hall–Kier alpha value is -4.68. The second kappa shape index (κ2) is 23.7. The molecule has 0 saturated carbocycles. The average Bonchev–Trinajstić information content (AvgIpc) is 3.61. The Kier molecular flexibility index (Phi) is 19.5. The molecule has 11 N–H and O–H groups in total. The van der Waals surface area contributed by atoms with Gasteiger partial charge in [0, 0.05) is 42.7 Å². The van der Waals surface area contributed by atoms with E-state index in [-0.39, 0.29) is 25.9 Å². The van der Waals surface area contributed by atoms with Gasteiger partial charge in [-0.05, 0) is 55.0 Å². The number of nitrogens with one attached hydrogen (secondary N) is 6. The van der Waals surface area contributed by atoms with Crippen molar-refractivity contribution in [2.24, 2.45) is 23.3 Å². The molecule has 1 aliphatic heterocycles. The Morgan fingerprint density at radius 1 is 0.879 bits per heavy atom. The normalized spacial score (nSPS) is 23.6. The van der Waals surface area contributed by atoms with Gasteiger partial charge in [-0.15, -0.1) is 0 Å². The van der Waals surface area contributed by atoms with Crippen molar-refractivity contribution >= 4 is 64.0 Å². The number of H-pyrrole nitrogens is 1. The summed E-state index contributed by atoms with van der Waals surface area (Å²) in [4.78, 5) is 100. The van der Waals surface area contributed by atoms with Crippen molar-refractivity contribution in [3.63, 3.8) is 0 Å². The number of aromatic nitrogens is 1. The van der Waals surface area contributed by atoms with Crippen LogP contribution in [0.5, 0.6) is 0 Å². The summed E-state index contributed by atoms with van der Waals surface area (Å²) in [6.07, 6.45) is 3.31. The quantitative estimate of drug-likeness (QED) is 0.125. The predicted molar refractivity (Wildman–Crippen MR) is 223 cm³/mol. The Morgan fingerprint density at radius 2 is 1.50 bits per heavy atom. The molecule has 18 heteroatoms. The van der Waals surface area contributed by atoms with Crippen LogP contribution in [0.2, 0.25) is 0 Å². The van der Waals surface area contributed by atoms with Crippen LogP contribution in [-0.2, 0) is 40.0 Å². The van der Waals surface area contributed by atoms with Crippen molar-refractivity contribution in [2.45, 2.75) is 115 Å². The number of rotatable bonds is 14. The van der Waals surface area contributed by atoms with Gasteiger partial charge >= 0.3 is 0 Å². The Labute approximate surface area is 344 Å². The molecule has 0 bridgehead atoms. The predicted octanol–water partition coefficient (Wildman–Crippen LogP) is 0.187. The minimum absolute atomic E-state index is 0.0253. The number of aliphatic hydroxyl groups is 1. The maximum Gasteiger partial charge on any atom is 0.245 e. The molecular formula is C40H63N9O8S. The van der Waals surface area contributed by atoms with Crippen molar-refractivity contribution < 1.29 is 38.7 Å². The summed E-state index contributed by atoms with van der Waals surface area (Å²) in [6, 6.07) is 0.972. The van der Waals surface area contributed by atoms with Crippen molar-refractivity contribution in [3.05, 3.63) is 36.0 Å². The lowest BCUT2D eigenvalue weighted by Gasteiger charge is -2.32. The third-order valence-corrected chi connectivity index (χ3v) is 11.9. The Bertz CT molecular complexity index is 1720. The number of likely N-dealkylation sites (N-methyl/N-ethyl adjacent to an activating group) is 1.